The van der Waals surface area contributed by atoms with Gasteiger partial charge in [-0.3, -0.25) is 0 Å². The monoisotopic (exact) mass is 809 g/mol. The molecule has 0 aliphatic carbocycles. The molecule has 0 unspecified atom stereocenters. The molecule has 1 atom stereocenters. The molecule has 0 saturated heterocycles. The Morgan fingerprint density at radius 1 is 0.421 bits per heavy atom. The van der Waals surface area contributed by atoms with Gasteiger partial charge in [0.25, 0.3) is 0 Å². The van der Waals surface area contributed by atoms with E-state index >= 15 is 0 Å². The number of unbranched alkanes of at least 4 members (excludes halogenated alkanes) is 2. The van der Waals surface area contributed by atoms with E-state index in [1.165, 1.54) is 70.6 Å². The van der Waals surface area contributed by atoms with Crippen LogP contribution in [0.15, 0.2) is 50.6 Å². The maximum Gasteiger partial charge on any atom is -0.00297 e. The molecule has 0 heteroatoms. The van der Waals surface area contributed by atoms with Crippen molar-refractivity contribution in [2.24, 2.45) is 47.3 Å². The molecule has 57 heavy (non-hydrogen) atoms. The van der Waals surface area contributed by atoms with Crippen LogP contribution in [0.1, 0.15) is 251 Å². The lowest BCUT2D eigenvalue weighted by Crippen LogP contribution is -1.97. The fourth-order valence-corrected chi connectivity index (χ4v) is 2.44. The topological polar surface area (TPSA) is 0 Å². The summed E-state index contributed by atoms with van der Waals surface area (Å²) in [4.78, 5) is 0. The van der Waals surface area contributed by atoms with Gasteiger partial charge in [0.1, 0.15) is 0 Å². The van der Waals surface area contributed by atoms with Crippen LogP contribution in [0.2, 0.25) is 0 Å². The third kappa shape index (κ3) is 364. The van der Waals surface area contributed by atoms with Gasteiger partial charge in [0.15, 0.2) is 0 Å². The lowest BCUT2D eigenvalue weighted by molar-refractivity contribution is 0.429. The first-order valence-electron chi connectivity index (χ1n) is 22.9. The molecule has 0 aromatic heterocycles. The van der Waals surface area contributed by atoms with Gasteiger partial charge in [0.05, 0.1) is 0 Å². The van der Waals surface area contributed by atoms with Crippen molar-refractivity contribution < 1.29 is 0 Å². The molecule has 0 spiro atoms. The van der Waals surface area contributed by atoms with Crippen LogP contribution in [0, 0.1) is 72.5 Å². The summed E-state index contributed by atoms with van der Waals surface area (Å²) in [6.45, 7) is 67.7. The molecule has 0 saturated carbocycles. The minimum Gasteiger partial charge on any atom is -0.124 e. The van der Waals surface area contributed by atoms with Gasteiger partial charge in [0, 0.05) is 0 Å². The Kier molecular flexibility index (Phi) is 168. The number of rotatable bonds is 13. The fourth-order valence-electron chi connectivity index (χ4n) is 2.44. The zero-order valence-electron chi connectivity index (χ0n) is 44.8. The van der Waals surface area contributed by atoms with Gasteiger partial charge in [0.2, 0.25) is 0 Å². The Hall–Kier alpha value is -1.92. The zero-order valence-corrected chi connectivity index (χ0v) is 44.8. The van der Waals surface area contributed by atoms with E-state index in [2.05, 4.69) is 190 Å². The highest BCUT2D eigenvalue weighted by molar-refractivity contribution is 4.73. The third-order valence-electron chi connectivity index (χ3n) is 6.73. The highest BCUT2D eigenvalue weighted by Crippen LogP contribution is 2.13. The molecule has 0 fully saturated rings. The van der Waals surface area contributed by atoms with E-state index in [1.54, 1.807) is 31.2 Å². The molecule has 0 rings (SSSR count). The Balaban J connectivity index is -0.0000000345. The average molecular weight is 810 g/mol. The van der Waals surface area contributed by atoms with Crippen molar-refractivity contribution in [3.63, 3.8) is 0 Å². The van der Waals surface area contributed by atoms with Gasteiger partial charge in [-0.1, -0.05) is 234 Å². The zero-order chi connectivity index (χ0) is 47.9. The van der Waals surface area contributed by atoms with Crippen molar-refractivity contribution in [1.82, 2.24) is 0 Å². The number of hydrogen-bond donors (Lipinski definition) is 0. The van der Waals surface area contributed by atoms with Gasteiger partial charge in [-0.05, 0) is 88.4 Å². The summed E-state index contributed by atoms with van der Waals surface area (Å²) in [6.07, 6.45) is 34.6. The van der Waals surface area contributed by atoms with Crippen LogP contribution in [0.3, 0.4) is 0 Å². The van der Waals surface area contributed by atoms with Crippen molar-refractivity contribution in [1.29, 1.82) is 0 Å². The average Bonchev–Trinajstić information content (AvgIpc) is 3.11. The Morgan fingerprint density at radius 3 is 0.702 bits per heavy atom. The summed E-state index contributed by atoms with van der Waals surface area (Å²) in [5.41, 5.74) is 0. The second-order valence-corrected chi connectivity index (χ2v) is 16.7. The number of allylic oxidation sites excluding steroid dienone is 4. The lowest BCUT2D eigenvalue weighted by atomic mass is 9.97. The van der Waals surface area contributed by atoms with Gasteiger partial charge in [-0.2, -0.15) is 0 Å². The van der Waals surface area contributed by atoms with E-state index in [0.717, 1.165) is 47.3 Å². The number of hydrogen-bond acceptors (Lipinski definition) is 0. The summed E-state index contributed by atoms with van der Waals surface area (Å²) in [7, 11) is 0. The normalized spacial score (nSPS) is 8.72. The Labute approximate surface area is 372 Å². The molecule has 0 aromatic rings. The molecule has 0 aliphatic heterocycles. The lowest BCUT2D eigenvalue weighted by Gasteiger charge is -2.09. The van der Waals surface area contributed by atoms with Crippen molar-refractivity contribution >= 4 is 0 Å². The second-order valence-electron chi connectivity index (χ2n) is 16.7. The molecule has 0 aromatic carbocycles. The molecular weight excluding hydrogens is 685 g/mol. The van der Waals surface area contributed by atoms with E-state index in [1.807, 2.05) is 27.7 Å². The quantitative estimate of drug-likeness (QED) is 0.0988. The van der Waals surface area contributed by atoms with Crippen molar-refractivity contribution in [3.8, 4) is 25.2 Å². The Bertz CT molecular complexity index is 563. The van der Waals surface area contributed by atoms with Crippen LogP contribution in [-0.2, 0) is 0 Å². The molecule has 0 amide bonds. The van der Waals surface area contributed by atoms with Crippen molar-refractivity contribution in [2.75, 3.05) is 0 Å². The van der Waals surface area contributed by atoms with E-state index in [4.69, 9.17) is 0 Å². The predicted octanol–water partition coefficient (Wildman–Crippen LogP) is 21.8. The SMILES string of the molecule is C.C#C.C#CC.C=CC.C=CC.C=CC.C=CC.CC(C)CCC(C)C.CCC(C)C.CCC(C)C.CCC(C)C.CCCCCC(C)C.CC[C@H](C)CC(C)C. The van der Waals surface area contributed by atoms with E-state index in [9.17, 15) is 0 Å². The van der Waals surface area contributed by atoms with Crippen molar-refractivity contribution in [3.05, 3.63) is 50.6 Å². The highest BCUT2D eigenvalue weighted by atomic mass is 14.1. The second kappa shape index (κ2) is 105. The predicted molar refractivity (Wildman–Crippen MR) is 287 cm³/mol. The minimum absolute atomic E-state index is 0. The maximum absolute atomic E-state index is 4.60. The van der Waals surface area contributed by atoms with Crippen molar-refractivity contribution in [2.45, 2.75) is 251 Å². The van der Waals surface area contributed by atoms with Gasteiger partial charge >= 0.3 is 0 Å². The summed E-state index contributed by atoms with van der Waals surface area (Å²) < 4.78 is 0. The van der Waals surface area contributed by atoms with Crippen LogP contribution in [0.5, 0.6) is 0 Å². The molecule has 0 bridgehead atoms. The Morgan fingerprint density at radius 2 is 0.614 bits per heavy atom. The smallest absolute Gasteiger partial charge is 0.00297 e. The third-order valence-corrected chi connectivity index (χ3v) is 6.73. The molecule has 0 nitrogen and oxygen atoms in total. The number of terminal acetylenes is 2. The first-order valence-corrected chi connectivity index (χ1v) is 22.9. The summed E-state index contributed by atoms with van der Waals surface area (Å²) in [6, 6.07) is 0. The fraction of sp³-hybridized carbons (Fsp3) is 0.789. The molecule has 352 valence electrons. The first-order chi connectivity index (χ1) is 25.9. The molecular formula is C57H124. The largest absolute Gasteiger partial charge is 0.124 e. The maximum atomic E-state index is 4.60. The van der Waals surface area contributed by atoms with Gasteiger partial charge in [-0.15, -0.1) is 51.5 Å². The minimum atomic E-state index is 0. The van der Waals surface area contributed by atoms with Crippen LogP contribution < -0.4 is 0 Å². The summed E-state index contributed by atoms with van der Waals surface area (Å²) in [5, 5.41) is 0. The van der Waals surface area contributed by atoms with Crippen LogP contribution in [-0.4, -0.2) is 0 Å². The summed E-state index contributed by atoms with van der Waals surface area (Å²) >= 11 is 0. The molecule has 0 radical (unpaired) electrons. The van der Waals surface area contributed by atoms with Crippen LogP contribution in [0.4, 0.5) is 0 Å². The van der Waals surface area contributed by atoms with E-state index in [-0.39, 0.29) is 7.43 Å². The molecule has 0 N–H and O–H groups in total. The van der Waals surface area contributed by atoms with Crippen LogP contribution in [0.25, 0.3) is 0 Å². The highest BCUT2D eigenvalue weighted by Gasteiger charge is 2.00. The molecule has 0 heterocycles. The first kappa shape index (κ1) is 91.0. The van der Waals surface area contributed by atoms with Gasteiger partial charge in [-0.25, -0.2) is 0 Å². The van der Waals surface area contributed by atoms with E-state index in [0.29, 0.717) is 0 Å². The molecule has 0 aliphatic rings. The van der Waals surface area contributed by atoms with Crippen LogP contribution >= 0.6 is 0 Å². The van der Waals surface area contributed by atoms with Gasteiger partial charge < -0.3 is 0 Å². The summed E-state index contributed by atoms with van der Waals surface area (Å²) in [5.74, 6) is 9.39. The standard InChI is InChI=1S/3C8H18.3C5H12.4C3H6.C3H4.C2H2.CH4/c1-7(2)5-6-8(3)4;1-5-8(4)6-7(2)3;1-4-5-6-7-8(2)3;3*1-4-5(2)3;5*1-3-2;1-2;/h2*7-8H,5-6H2,1-4H3;8H,4-7H2,1-3H3;3*5H,4H2,1-3H3;4*3H,1H2,2H3;1H,2H3;1-2H;1H4/t;8-;;;;;;;;;;;/m.0.........../s1. The van der Waals surface area contributed by atoms with E-state index < -0.39 is 0 Å².